The van der Waals surface area contributed by atoms with E-state index in [4.69, 9.17) is 0 Å². The zero-order valence-corrected chi connectivity index (χ0v) is 9.10. The minimum absolute atomic E-state index is 0.738. The van der Waals surface area contributed by atoms with Crippen molar-refractivity contribution in [3.05, 3.63) is 30.1 Å². The molecule has 0 unspecified atom stereocenters. The Morgan fingerprint density at radius 3 is 3.00 bits per heavy atom. The number of nitrogens with zero attached hydrogens (tertiary/aromatic N) is 4. The van der Waals surface area contributed by atoms with Crippen molar-refractivity contribution in [1.82, 2.24) is 24.7 Å². The number of hydrogen-bond donors (Lipinski definition) is 1. The smallest absolute Gasteiger partial charge is 0.178 e. The normalized spacial score (nSPS) is 11.1. The summed E-state index contributed by atoms with van der Waals surface area (Å²) in [5.74, 6) is 0.799. The number of pyridine rings is 1. The highest BCUT2D eigenvalue weighted by Gasteiger charge is 2.08. The molecule has 0 aliphatic heterocycles. The quantitative estimate of drug-likeness (QED) is 0.668. The molecular formula is C11H11N5. The minimum atomic E-state index is 0.738. The second-order valence-corrected chi connectivity index (χ2v) is 3.81. The predicted octanol–water partition coefficient (Wildman–Crippen LogP) is 1.67. The first kappa shape index (κ1) is 9.08. The molecule has 16 heavy (non-hydrogen) atoms. The van der Waals surface area contributed by atoms with Crippen LogP contribution in [0.5, 0.6) is 0 Å². The first-order valence-corrected chi connectivity index (χ1v) is 5.05. The summed E-state index contributed by atoms with van der Waals surface area (Å²) < 4.78 is 1.78. The summed E-state index contributed by atoms with van der Waals surface area (Å²) in [6, 6.07) is 3.96. The van der Waals surface area contributed by atoms with Crippen LogP contribution in [-0.2, 0) is 7.05 Å². The highest BCUT2D eigenvalue weighted by Crippen LogP contribution is 2.18. The van der Waals surface area contributed by atoms with Crippen molar-refractivity contribution in [1.29, 1.82) is 0 Å². The number of hydrogen-bond acceptors (Lipinski definition) is 3. The van der Waals surface area contributed by atoms with E-state index >= 15 is 0 Å². The number of H-pyrrole nitrogens is 1. The number of fused-ring (bicyclic) bond motifs is 1. The maximum absolute atomic E-state index is 4.43. The Balaban J connectivity index is 2.23. The van der Waals surface area contributed by atoms with E-state index in [0.717, 1.165) is 28.2 Å². The van der Waals surface area contributed by atoms with Crippen molar-refractivity contribution in [2.45, 2.75) is 6.92 Å². The Hall–Kier alpha value is -2.17. The van der Waals surface area contributed by atoms with Gasteiger partial charge in [-0.05, 0) is 24.6 Å². The molecule has 1 N–H and O–H groups in total. The number of aromatic nitrogens is 5. The number of aromatic amines is 1. The molecule has 3 heterocycles. The van der Waals surface area contributed by atoms with E-state index in [-0.39, 0.29) is 0 Å². The van der Waals surface area contributed by atoms with Crippen LogP contribution in [0, 0.1) is 6.92 Å². The van der Waals surface area contributed by atoms with E-state index in [9.17, 15) is 0 Å². The number of nitrogens with one attached hydrogen (secondary N) is 1. The molecule has 3 aromatic rings. The average molecular weight is 213 g/mol. The van der Waals surface area contributed by atoms with Gasteiger partial charge in [0.05, 0.1) is 5.52 Å². The van der Waals surface area contributed by atoms with Crippen LogP contribution in [0.4, 0.5) is 0 Å². The molecule has 0 aromatic carbocycles. The highest BCUT2D eigenvalue weighted by molar-refractivity contribution is 5.75. The predicted molar refractivity (Wildman–Crippen MR) is 60.8 cm³/mol. The van der Waals surface area contributed by atoms with Crippen LogP contribution in [0.1, 0.15) is 5.56 Å². The monoisotopic (exact) mass is 213 g/mol. The minimum Gasteiger partial charge on any atom is -0.335 e. The molecule has 0 saturated carbocycles. The summed E-state index contributed by atoms with van der Waals surface area (Å²) in [6.45, 7) is 2.01. The molecule has 0 saturated heterocycles. The third-order valence-corrected chi connectivity index (χ3v) is 2.54. The van der Waals surface area contributed by atoms with Crippen molar-refractivity contribution < 1.29 is 0 Å². The van der Waals surface area contributed by atoms with Gasteiger partial charge >= 0.3 is 0 Å². The summed E-state index contributed by atoms with van der Waals surface area (Å²) >= 11 is 0. The van der Waals surface area contributed by atoms with Gasteiger partial charge in [-0.15, -0.1) is 0 Å². The van der Waals surface area contributed by atoms with Crippen LogP contribution in [0.2, 0.25) is 0 Å². The van der Waals surface area contributed by atoms with Gasteiger partial charge in [0.25, 0.3) is 0 Å². The molecule has 0 radical (unpaired) electrons. The molecule has 3 aromatic heterocycles. The lowest BCUT2D eigenvalue weighted by Gasteiger charge is -1.95. The lowest BCUT2D eigenvalue weighted by atomic mass is 10.3. The van der Waals surface area contributed by atoms with Gasteiger partial charge < -0.3 is 4.98 Å². The third kappa shape index (κ3) is 1.29. The third-order valence-electron chi connectivity index (χ3n) is 2.54. The SMILES string of the molecule is Cc1cnc2nc(-c3ccnn3C)[nH]c2c1. The molecule has 5 nitrogen and oxygen atoms in total. The van der Waals surface area contributed by atoms with E-state index in [1.165, 1.54) is 0 Å². The van der Waals surface area contributed by atoms with E-state index in [0.29, 0.717) is 0 Å². The number of imidazole rings is 1. The van der Waals surface area contributed by atoms with Gasteiger partial charge in [0.15, 0.2) is 11.5 Å². The molecule has 80 valence electrons. The molecule has 0 fully saturated rings. The van der Waals surface area contributed by atoms with Gasteiger partial charge in [-0.25, -0.2) is 9.97 Å². The number of rotatable bonds is 1. The van der Waals surface area contributed by atoms with Gasteiger partial charge in [0.1, 0.15) is 5.69 Å². The van der Waals surface area contributed by atoms with Crippen molar-refractivity contribution in [2.75, 3.05) is 0 Å². The van der Waals surface area contributed by atoms with Crippen LogP contribution in [-0.4, -0.2) is 24.7 Å². The van der Waals surface area contributed by atoms with Gasteiger partial charge in [-0.2, -0.15) is 5.10 Å². The lowest BCUT2D eigenvalue weighted by molar-refractivity contribution is 0.771. The molecule has 0 atom stereocenters. The second kappa shape index (κ2) is 3.16. The van der Waals surface area contributed by atoms with E-state index in [1.54, 1.807) is 10.9 Å². The van der Waals surface area contributed by atoms with Crippen molar-refractivity contribution >= 4 is 11.2 Å². The maximum Gasteiger partial charge on any atom is 0.178 e. The Labute approximate surface area is 92.2 Å². The summed E-state index contributed by atoms with van der Waals surface area (Å²) in [5.41, 5.74) is 3.77. The molecule has 0 amide bonds. The van der Waals surface area contributed by atoms with Crippen molar-refractivity contribution in [3.8, 4) is 11.5 Å². The fourth-order valence-electron chi connectivity index (χ4n) is 1.73. The van der Waals surface area contributed by atoms with Gasteiger partial charge in [0.2, 0.25) is 0 Å². The zero-order chi connectivity index (χ0) is 11.1. The molecule has 0 spiro atoms. The standard InChI is InChI=1S/C11H11N5/c1-7-5-8-10(12-6-7)15-11(14-8)9-3-4-13-16(9)2/h3-6H,1-2H3,(H,12,14,15). The van der Waals surface area contributed by atoms with E-state index < -0.39 is 0 Å². The molecule has 0 bridgehead atoms. The van der Waals surface area contributed by atoms with Gasteiger partial charge in [0, 0.05) is 19.4 Å². The largest absolute Gasteiger partial charge is 0.335 e. The second-order valence-electron chi connectivity index (χ2n) is 3.81. The number of aryl methyl sites for hydroxylation is 2. The van der Waals surface area contributed by atoms with Crippen LogP contribution in [0.3, 0.4) is 0 Å². The van der Waals surface area contributed by atoms with Crippen molar-refractivity contribution in [3.63, 3.8) is 0 Å². The van der Waals surface area contributed by atoms with Crippen LogP contribution in [0.25, 0.3) is 22.7 Å². The van der Waals surface area contributed by atoms with Crippen LogP contribution in [0.15, 0.2) is 24.5 Å². The molecule has 0 aliphatic carbocycles. The fraction of sp³-hybridized carbons (Fsp3) is 0.182. The van der Waals surface area contributed by atoms with E-state index in [1.807, 2.05) is 32.3 Å². The summed E-state index contributed by atoms with van der Waals surface area (Å²) in [4.78, 5) is 11.9. The Morgan fingerprint density at radius 2 is 2.25 bits per heavy atom. The highest BCUT2D eigenvalue weighted by atomic mass is 15.3. The van der Waals surface area contributed by atoms with E-state index in [2.05, 4.69) is 20.1 Å². The fourth-order valence-corrected chi connectivity index (χ4v) is 1.73. The Kier molecular flexibility index (Phi) is 1.80. The topological polar surface area (TPSA) is 59.4 Å². The Bertz CT molecular complexity index is 649. The Morgan fingerprint density at radius 1 is 1.38 bits per heavy atom. The molecule has 0 aliphatic rings. The summed E-state index contributed by atoms with van der Waals surface area (Å²) in [6.07, 6.45) is 3.57. The van der Waals surface area contributed by atoms with Gasteiger partial charge in [-0.3, -0.25) is 4.68 Å². The summed E-state index contributed by atoms with van der Waals surface area (Å²) in [5, 5.41) is 4.12. The van der Waals surface area contributed by atoms with Crippen LogP contribution < -0.4 is 0 Å². The summed E-state index contributed by atoms with van der Waals surface area (Å²) in [7, 11) is 1.89. The van der Waals surface area contributed by atoms with Crippen molar-refractivity contribution in [2.24, 2.45) is 7.05 Å². The van der Waals surface area contributed by atoms with Gasteiger partial charge in [-0.1, -0.05) is 0 Å². The molecule has 5 heteroatoms. The molecule has 3 rings (SSSR count). The first-order chi connectivity index (χ1) is 7.74. The maximum atomic E-state index is 4.43. The average Bonchev–Trinajstić information content (AvgIpc) is 2.82. The first-order valence-electron chi connectivity index (χ1n) is 5.05. The zero-order valence-electron chi connectivity index (χ0n) is 9.10. The lowest BCUT2D eigenvalue weighted by Crippen LogP contribution is -1.94. The van der Waals surface area contributed by atoms with Crippen LogP contribution >= 0.6 is 0 Å². The molecular weight excluding hydrogens is 202 g/mol.